The van der Waals surface area contributed by atoms with E-state index in [1.165, 1.54) is 0 Å². The summed E-state index contributed by atoms with van der Waals surface area (Å²) in [6.45, 7) is 8.49. The van der Waals surface area contributed by atoms with Gasteiger partial charge in [-0.1, -0.05) is 26.8 Å². The molecule has 4 heteroatoms. The zero-order valence-corrected chi connectivity index (χ0v) is 13.5. The van der Waals surface area contributed by atoms with E-state index in [9.17, 15) is 4.79 Å². The van der Waals surface area contributed by atoms with Gasteiger partial charge >= 0.3 is 0 Å². The van der Waals surface area contributed by atoms with Crippen LogP contribution in [-0.2, 0) is 4.79 Å². The summed E-state index contributed by atoms with van der Waals surface area (Å²) in [5.74, 6) is 0.497. The molecular formula is C17H27N3O. The van der Waals surface area contributed by atoms with E-state index in [0.717, 1.165) is 18.4 Å². The molecule has 1 saturated carbocycles. The van der Waals surface area contributed by atoms with E-state index in [0.29, 0.717) is 5.92 Å². The van der Waals surface area contributed by atoms with E-state index in [1.807, 2.05) is 19.1 Å². The first-order chi connectivity index (χ1) is 9.84. The number of amides is 1. The average Bonchev–Trinajstić information content (AvgIpc) is 2.45. The number of carbonyl (C=O) groups excluding carboxylic acids is 1. The number of rotatable bonds is 3. The summed E-state index contributed by atoms with van der Waals surface area (Å²) in [6.07, 6.45) is 5.33. The Morgan fingerprint density at radius 2 is 2.19 bits per heavy atom. The third-order valence-corrected chi connectivity index (χ3v) is 5.36. The minimum atomic E-state index is -0.0730. The molecule has 4 unspecified atom stereocenters. The summed E-state index contributed by atoms with van der Waals surface area (Å²) in [7, 11) is 0. The van der Waals surface area contributed by atoms with Crippen molar-refractivity contribution in [1.82, 2.24) is 10.3 Å². The normalized spacial score (nSPS) is 29.7. The molecule has 1 aliphatic rings. The summed E-state index contributed by atoms with van der Waals surface area (Å²) >= 11 is 0. The van der Waals surface area contributed by atoms with Gasteiger partial charge in [0.2, 0.25) is 5.91 Å². The van der Waals surface area contributed by atoms with Crippen molar-refractivity contribution in [2.24, 2.45) is 23.0 Å². The van der Waals surface area contributed by atoms with Crippen LogP contribution in [0.2, 0.25) is 0 Å². The quantitative estimate of drug-likeness (QED) is 0.899. The van der Waals surface area contributed by atoms with Crippen LogP contribution in [0, 0.1) is 17.3 Å². The molecule has 1 heterocycles. The van der Waals surface area contributed by atoms with Crippen molar-refractivity contribution in [3.05, 3.63) is 30.1 Å². The first-order valence-corrected chi connectivity index (χ1v) is 7.80. The van der Waals surface area contributed by atoms with Crippen LogP contribution in [0.5, 0.6) is 0 Å². The summed E-state index contributed by atoms with van der Waals surface area (Å²) < 4.78 is 0. The lowest BCUT2D eigenvalue weighted by Crippen LogP contribution is -2.51. The molecule has 4 atom stereocenters. The topological polar surface area (TPSA) is 68.0 Å². The van der Waals surface area contributed by atoms with Crippen molar-refractivity contribution >= 4 is 5.91 Å². The molecule has 0 aromatic carbocycles. The first kappa shape index (κ1) is 16.0. The lowest BCUT2D eigenvalue weighted by atomic mass is 9.61. The second kappa shape index (κ2) is 6.14. The van der Waals surface area contributed by atoms with Gasteiger partial charge in [0.25, 0.3) is 0 Å². The molecule has 0 spiro atoms. The van der Waals surface area contributed by atoms with Gasteiger partial charge in [-0.25, -0.2) is 0 Å². The predicted molar refractivity (Wildman–Crippen MR) is 84.4 cm³/mol. The molecule has 1 fully saturated rings. The van der Waals surface area contributed by atoms with E-state index in [1.54, 1.807) is 12.4 Å². The van der Waals surface area contributed by atoms with Crippen LogP contribution >= 0.6 is 0 Å². The van der Waals surface area contributed by atoms with Gasteiger partial charge in [0, 0.05) is 24.4 Å². The molecule has 21 heavy (non-hydrogen) atoms. The van der Waals surface area contributed by atoms with Gasteiger partial charge in [-0.15, -0.1) is 0 Å². The number of nitrogens with one attached hydrogen (secondary N) is 1. The third kappa shape index (κ3) is 3.26. The highest BCUT2D eigenvalue weighted by atomic mass is 16.2. The maximum Gasteiger partial charge on any atom is 0.224 e. The summed E-state index contributed by atoms with van der Waals surface area (Å²) in [5, 5.41) is 3.14. The van der Waals surface area contributed by atoms with Crippen LogP contribution in [0.3, 0.4) is 0 Å². The number of hydrogen-bond acceptors (Lipinski definition) is 3. The van der Waals surface area contributed by atoms with Crippen molar-refractivity contribution in [1.29, 1.82) is 0 Å². The van der Waals surface area contributed by atoms with Crippen molar-refractivity contribution in [2.75, 3.05) is 0 Å². The second-order valence-electron chi connectivity index (χ2n) is 6.92. The van der Waals surface area contributed by atoms with Crippen molar-refractivity contribution in [3.63, 3.8) is 0 Å². The van der Waals surface area contributed by atoms with Crippen LogP contribution in [-0.4, -0.2) is 16.9 Å². The third-order valence-electron chi connectivity index (χ3n) is 5.36. The summed E-state index contributed by atoms with van der Waals surface area (Å²) in [4.78, 5) is 16.8. The summed E-state index contributed by atoms with van der Waals surface area (Å²) in [6, 6.07) is 4.05. The van der Waals surface area contributed by atoms with Crippen LogP contribution in [0.4, 0.5) is 0 Å². The molecule has 0 radical (unpaired) electrons. The van der Waals surface area contributed by atoms with Gasteiger partial charge in [0.05, 0.1) is 6.04 Å². The molecule has 1 amide bonds. The number of carbonyl (C=O) groups is 1. The number of nitrogens with two attached hydrogens (primary N) is 1. The van der Waals surface area contributed by atoms with Crippen molar-refractivity contribution in [3.8, 4) is 0 Å². The van der Waals surface area contributed by atoms with Crippen LogP contribution in [0.1, 0.15) is 52.1 Å². The Kier molecular flexibility index (Phi) is 4.67. The molecule has 116 valence electrons. The van der Waals surface area contributed by atoms with Gasteiger partial charge in [-0.2, -0.15) is 0 Å². The number of aromatic nitrogens is 1. The highest BCUT2D eigenvalue weighted by Gasteiger charge is 2.45. The molecule has 1 aromatic rings. The van der Waals surface area contributed by atoms with Gasteiger partial charge < -0.3 is 11.1 Å². The molecule has 4 nitrogen and oxygen atoms in total. The molecule has 0 aliphatic heterocycles. The maximum atomic E-state index is 12.7. The summed E-state index contributed by atoms with van der Waals surface area (Å²) in [5.41, 5.74) is 7.13. The fourth-order valence-electron chi connectivity index (χ4n) is 3.35. The Bertz CT molecular complexity index is 486. The minimum Gasteiger partial charge on any atom is -0.349 e. The average molecular weight is 289 g/mol. The maximum absolute atomic E-state index is 12.7. The van der Waals surface area contributed by atoms with Crippen molar-refractivity contribution in [2.45, 2.75) is 52.6 Å². The van der Waals surface area contributed by atoms with Crippen LogP contribution in [0.15, 0.2) is 24.5 Å². The largest absolute Gasteiger partial charge is 0.349 e. The molecule has 0 saturated heterocycles. The zero-order valence-electron chi connectivity index (χ0n) is 13.5. The number of pyridine rings is 1. The minimum absolute atomic E-state index is 0.0198. The van der Waals surface area contributed by atoms with Gasteiger partial charge in [-0.05, 0) is 42.7 Å². The molecule has 0 bridgehead atoms. The van der Waals surface area contributed by atoms with Gasteiger partial charge in [-0.3, -0.25) is 9.78 Å². The monoisotopic (exact) mass is 289 g/mol. The molecule has 3 N–H and O–H groups in total. The SMILES string of the molecule is CC(NC(=O)C1CCC(N)C(C)C1(C)C)c1cccnc1. The lowest BCUT2D eigenvalue weighted by molar-refractivity contribution is -0.133. The highest BCUT2D eigenvalue weighted by Crippen LogP contribution is 2.44. The standard InChI is InChI=1S/C17H27N3O/c1-11-15(18)8-7-14(17(11,3)4)16(21)20-12(2)13-6-5-9-19-10-13/h5-6,9-12,14-15H,7-8,18H2,1-4H3,(H,20,21). The van der Waals surface area contributed by atoms with Gasteiger partial charge in [0.15, 0.2) is 0 Å². The van der Waals surface area contributed by atoms with Crippen LogP contribution in [0.25, 0.3) is 0 Å². The Balaban J connectivity index is 2.06. The number of nitrogens with zero attached hydrogens (tertiary/aromatic N) is 1. The molecule has 1 aliphatic carbocycles. The fraction of sp³-hybridized carbons (Fsp3) is 0.647. The Hall–Kier alpha value is -1.42. The fourth-order valence-corrected chi connectivity index (χ4v) is 3.35. The zero-order chi connectivity index (χ0) is 15.6. The molecule has 1 aromatic heterocycles. The van der Waals surface area contributed by atoms with Crippen molar-refractivity contribution < 1.29 is 4.79 Å². The number of hydrogen-bond donors (Lipinski definition) is 2. The Morgan fingerprint density at radius 1 is 1.48 bits per heavy atom. The Morgan fingerprint density at radius 3 is 2.81 bits per heavy atom. The van der Waals surface area contributed by atoms with Gasteiger partial charge in [0.1, 0.15) is 0 Å². The highest BCUT2D eigenvalue weighted by molar-refractivity contribution is 5.80. The molecular weight excluding hydrogens is 262 g/mol. The van der Waals surface area contributed by atoms with Crippen LogP contribution < -0.4 is 11.1 Å². The van der Waals surface area contributed by atoms with E-state index >= 15 is 0 Å². The van der Waals surface area contributed by atoms with E-state index in [2.05, 4.69) is 31.1 Å². The van der Waals surface area contributed by atoms with E-state index < -0.39 is 0 Å². The molecule has 2 rings (SSSR count). The van der Waals surface area contributed by atoms with E-state index in [-0.39, 0.29) is 29.3 Å². The Labute approximate surface area is 127 Å². The van der Waals surface area contributed by atoms with E-state index in [4.69, 9.17) is 5.73 Å². The lowest BCUT2D eigenvalue weighted by Gasteiger charge is -2.46. The smallest absolute Gasteiger partial charge is 0.224 e. The predicted octanol–water partition coefficient (Wildman–Crippen LogP) is 2.66. The first-order valence-electron chi connectivity index (χ1n) is 7.80. The second-order valence-corrected chi connectivity index (χ2v) is 6.92.